The number of aromatic nitrogens is 4. The van der Waals surface area contributed by atoms with Gasteiger partial charge in [-0.2, -0.15) is 18.2 Å². The Balaban J connectivity index is 1.52. The lowest BCUT2D eigenvalue weighted by Gasteiger charge is -2.37. The summed E-state index contributed by atoms with van der Waals surface area (Å²) in [6, 6.07) is 11.1. The van der Waals surface area contributed by atoms with Crippen LogP contribution in [0.15, 0.2) is 61.1 Å². The molecule has 1 fully saturated rings. The number of aryl methyl sites for hydroxylation is 2. The van der Waals surface area contributed by atoms with Crippen molar-refractivity contribution >= 4 is 17.5 Å². The highest BCUT2D eigenvalue weighted by Crippen LogP contribution is 2.38. The summed E-state index contributed by atoms with van der Waals surface area (Å²) in [5, 5.41) is 3.16. The number of methoxy groups -OCH3 is 1. The van der Waals surface area contributed by atoms with Crippen LogP contribution in [0.5, 0.6) is 11.6 Å². The van der Waals surface area contributed by atoms with Gasteiger partial charge in [-0.1, -0.05) is 12.1 Å². The Labute approximate surface area is 236 Å². The van der Waals surface area contributed by atoms with E-state index < -0.39 is 12.2 Å². The number of piperidine rings is 1. The largest absolute Gasteiger partial charge is 0.497 e. The third kappa shape index (κ3) is 6.85. The van der Waals surface area contributed by atoms with Gasteiger partial charge in [-0.25, -0.2) is 9.97 Å². The van der Waals surface area contributed by atoms with E-state index in [1.54, 1.807) is 37.8 Å². The molecule has 0 unspecified atom stereocenters. The number of benzene rings is 1. The van der Waals surface area contributed by atoms with Crippen molar-refractivity contribution in [2.45, 2.75) is 51.9 Å². The van der Waals surface area contributed by atoms with Gasteiger partial charge in [-0.15, -0.1) is 0 Å². The smallest absolute Gasteiger partial charge is 0.408 e. The number of ether oxygens (including phenoxy) is 2. The Bertz CT molecular complexity index is 1500. The molecule has 0 saturated carbocycles. The van der Waals surface area contributed by atoms with E-state index in [1.807, 2.05) is 44.2 Å². The van der Waals surface area contributed by atoms with E-state index in [0.717, 1.165) is 22.4 Å². The predicted octanol–water partition coefficient (Wildman–Crippen LogP) is 6.80. The van der Waals surface area contributed by atoms with Crippen molar-refractivity contribution < 1.29 is 22.6 Å². The first-order valence-corrected chi connectivity index (χ1v) is 13.3. The first-order chi connectivity index (χ1) is 19.7. The van der Waals surface area contributed by atoms with Gasteiger partial charge in [0, 0.05) is 25.0 Å². The van der Waals surface area contributed by atoms with Crippen molar-refractivity contribution in [3.8, 4) is 22.8 Å². The van der Waals surface area contributed by atoms with Gasteiger partial charge in [-0.05, 0) is 79.6 Å². The van der Waals surface area contributed by atoms with Crippen molar-refractivity contribution in [2.75, 3.05) is 23.9 Å². The quantitative estimate of drug-likeness (QED) is 0.250. The van der Waals surface area contributed by atoms with Gasteiger partial charge in [0.1, 0.15) is 35.9 Å². The van der Waals surface area contributed by atoms with Gasteiger partial charge in [0.15, 0.2) is 0 Å². The Morgan fingerprint density at radius 3 is 2.51 bits per heavy atom. The molecule has 0 radical (unpaired) electrons. The molecule has 8 nitrogen and oxygen atoms in total. The highest BCUT2D eigenvalue weighted by atomic mass is 19.4. The van der Waals surface area contributed by atoms with Crippen LogP contribution in [0.4, 0.5) is 30.6 Å². The molecule has 0 bridgehead atoms. The lowest BCUT2D eigenvalue weighted by Crippen LogP contribution is -2.49. The number of nitrogens with one attached hydrogen (secondary N) is 1. The second-order valence-electron chi connectivity index (χ2n) is 9.99. The van der Waals surface area contributed by atoms with Gasteiger partial charge in [-0.3, -0.25) is 4.98 Å². The minimum absolute atomic E-state index is 0.0251. The highest BCUT2D eigenvalue weighted by Gasteiger charge is 2.45. The SMILES string of the molecule is COc1ccc(COc2cc(-c3cc(Nc4cncc(C)n4)ncc3C)cc(N3CCCC[C@@H]3C(F)(F)F)n2)cc1. The van der Waals surface area contributed by atoms with Crippen molar-refractivity contribution in [3.63, 3.8) is 0 Å². The molecule has 3 aromatic heterocycles. The van der Waals surface area contributed by atoms with Crippen LogP contribution in [0, 0.1) is 13.8 Å². The number of anilines is 3. The molecule has 4 heterocycles. The summed E-state index contributed by atoms with van der Waals surface area (Å²) >= 11 is 0. The molecule has 1 aliphatic heterocycles. The normalized spacial score (nSPS) is 15.5. The molecule has 0 spiro atoms. The van der Waals surface area contributed by atoms with E-state index >= 15 is 0 Å². The monoisotopic (exact) mass is 564 g/mol. The standard InChI is InChI=1S/C30H31F3N6O2/c1-19-15-35-26(37-27-17-34-16-20(2)36-27)14-24(19)22-12-28(39-11-5-4-6-25(39)30(31,32)33)38-29(13-22)41-18-21-7-9-23(40-3)10-8-21/h7-10,12-17,25H,4-6,11,18H2,1-3H3,(H,35,36,37)/t25-/m1/s1. The molecule has 1 aliphatic rings. The Morgan fingerprint density at radius 1 is 0.976 bits per heavy atom. The van der Waals surface area contributed by atoms with E-state index in [1.165, 1.54) is 4.90 Å². The van der Waals surface area contributed by atoms with Gasteiger partial charge >= 0.3 is 6.18 Å². The summed E-state index contributed by atoms with van der Waals surface area (Å²) in [5.41, 5.74) is 3.92. The highest BCUT2D eigenvalue weighted by molar-refractivity contribution is 5.74. The van der Waals surface area contributed by atoms with Crippen molar-refractivity contribution in [3.05, 3.63) is 77.9 Å². The summed E-state index contributed by atoms with van der Waals surface area (Å²) in [7, 11) is 1.59. The average molecular weight is 565 g/mol. The third-order valence-electron chi connectivity index (χ3n) is 6.93. The van der Waals surface area contributed by atoms with Crippen molar-refractivity contribution in [1.29, 1.82) is 0 Å². The van der Waals surface area contributed by atoms with Gasteiger partial charge in [0.25, 0.3) is 0 Å². The molecule has 4 aromatic rings. The lowest BCUT2D eigenvalue weighted by atomic mass is 10.00. The summed E-state index contributed by atoms with van der Waals surface area (Å²) in [5.74, 6) is 2.23. The van der Waals surface area contributed by atoms with Crippen LogP contribution in [0.2, 0.25) is 0 Å². The summed E-state index contributed by atoms with van der Waals surface area (Å²) in [6.45, 7) is 4.19. The van der Waals surface area contributed by atoms with Gasteiger partial charge in [0.2, 0.25) is 5.88 Å². The molecule has 0 amide bonds. The molecule has 1 aromatic carbocycles. The number of halogens is 3. The second-order valence-corrected chi connectivity index (χ2v) is 9.99. The van der Waals surface area contributed by atoms with E-state index in [2.05, 4.69) is 25.3 Å². The third-order valence-corrected chi connectivity index (χ3v) is 6.93. The summed E-state index contributed by atoms with van der Waals surface area (Å²) in [4.78, 5) is 18.9. The first-order valence-electron chi connectivity index (χ1n) is 13.3. The van der Waals surface area contributed by atoms with Crippen molar-refractivity contribution in [2.24, 2.45) is 0 Å². The zero-order valence-corrected chi connectivity index (χ0v) is 23.1. The molecule has 1 N–H and O–H groups in total. The zero-order valence-electron chi connectivity index (χ0n) is 23.1. The van der Waals surface area contributed by atoms with Crippen LogP contribution < -0.4 is 19.7 Å². The predicted molar refractivity (Wildman–Crippen MR) is 151 cm³/mol. The van der Waals surface area contributed by atoms with Crippen LogP contribution in [0.3, 0.4) is 0 Å². The van der Waals surface area contributed by atoms with Crippen molar-refractivity contribution in [1.82, 2.24) is 19.9 Å². The van der Waals surface area contributed by atoms with E-state index in [9.17, 15) is 13.2 Å². The number of nitrogens with zero attached hydrogens (tertiary/aromatic N) is 5. The fourth-order valence-corrected chi connectivity index (χ4v) is 4.85. The molecule has 214 valence electrons. The molecule has 1 saturated heterocycles. The van der Waals surface area contributed by atoms with Crippen LogP contribution in [-0.4, -0.2) is 45.8 Å². The van der Waals surface area contributed by atoms with E-state index in [0.29, 0.717) is 35.8 Å². The molecule has 5 rings (SSSR count). The molecular weight excluding hydrogens is 533 g/mol. The maximum Gasteiger partial charge on any atom is 0.408 e. The maximum absolute atomic E-state index is 14.0. The number of hydrogen-bond acceptors (Lipinski definition) is 8. The minimum Gasteiger partial charge on any atom is -0.497 e. The number of rotatable bonds is 8. The Kier molecular flexibility index (Phi) is 8.23. The van der Waals surface area contributed by atoms with E-state index in [4.69, 9.17) is 9.47 Å². The fourth-order valence-electron chi connectivity index (χ4n) is 4.85. The zero-order chi connectivity index (χ0) is 29.0. The molecular formula is C30H31F3N6O2. The van der Waals surface area contributed by atoms with Gasteiger partial charge < -0.3 is 19.7 Å². The summed E-state index contributed by atoms with van der Waals surface area (Å²) < 4.78 is 53.4. The van der Waals surface area contributed by atoms with E-state index in [-0.39, 0.29) is 31.3 Å². The second kappa shape index (κ2) is 12.0. The average Bonchev–Trinajstić information content (AvgIpc) is 2.97. The molecule has 0 aliphatic carbocycles. The Hall–Kier alpha value is -4.41. The number of hydrogen-bond donors (Lipinski definition) is 1. The first kappa shape index (κ1) is 28.1. The van der Waals surface area contributed by atoms with Crippen LogP contribution in [0.1, 0.15) is 36.1 Å². The van der Waals surface area contributed by atoms with Crippen LogP contribution in [0.25, 0.3) is 11.1 Å². The molecule has 11 heteroatoms. The molecule has 41 heavy (non-hydrogen) atoms. The number of pyridine rings is 2. The molecule has 1 atom stereocenters. The lowest BCUT2D eigenvalue weighted by molar-refractivity contribution is -0.152. The summed E-state index contributed by atoms with van der Waals surface area (Å²) in [6.07, 6.45) is 1.77. The van der Waals surface area contributed by atoms with Crippen LogP contribution in [-0.2, 0) is 6.61 Å². The Morgan fingerprint density at radius 2 is 1.78 bits per heavy atom. The topological polar surface area (TPSA) is 85.3 Å². The number of alkyl halides is 3. The van der Waals surface area contributed by atoms with Crippen LogP contribution >= 0.6 is 0 Å². The van der Waals surface area contributed by atoms with Gasteiger partial charge in [0.05, 0.1) is 19.0 Å². The fraction of sp³-hybridized carbons (Fsp3) is 0.333. The maximum atomic E-state index is 14.0. The minimum atomic E-state index is -4.37.